The summed E-state index contributed by atoms with van der Waals surface area (Å²) in [7, 11) is 2.17. The molecule has 1 rings (SSSR count). The summed E-state index contributed by atoms with van der Waals surface area (Å²) < 4.78 is 0. The number of hydrogen-bond donors (Lipinski definition) is 2. The number of unbranched alkanes of at least 4 members (excludes halogenated alkanes) is 1. The van der Waals surface area contributed by atoms with E-state index in [4.69, 9.17) is 5.73 Å². The molecule has 0 aliphatic rings. The first-order valence-corrected chi connectivity index (χ1v) is 5.34. The minimum atomic E-state index is 0.810. The van der Waals surface area contributed by atoms with Crippen molar-refractivity contribution in [2.24, 2.45) is 5.73 Å². The van der Waals surface area contributed by atoms with Gasteiger partial charge in [-0.05, 0) is 45.1 Å². The summed E-state index contributed by atoms with van der Waals surface area (Å²) in [5.41, 5.74) is 6.76. The van der Waals surface area contributed by atoms with E-state index in [9.17, 15) is 0 Å². The van der Waals surface area contributed by atoms with Gasteiger partial charge in [-0.1, -0.05) is 0 Å². The molecule has 0 saturated carbocycles. The summed E-state index contributed by atoms with van der Waals surface area (Å²) in [4.78, 5) is 5.57. The zero-order chi connectivity index (χ0) is 10.2. The first-order valence-electron chi connectivity index (χ1n) is 5.34. The molecular weight excluding hydrogens is 174 g/mol. The highest BCUT2D eigenvalue weighted by Gasteiger charge is 1.98. The third-order valence-electron chi connectivity index (χ3n) is 2.42. The molecular formula is C11H21N3. The van der Waals surface area contributed by atoms with Crippen LogP contribution >= 0.6 is 0 Å². The van der Waals surface area contributed by atoms with Crippen LogP contribution in [-0.2, 0) is 6.42 Å². The van der Waals surface area contributed by atoms with E-state index in [1.165, 1.54) is 12.1 Å². The quantitative estimate of drug-likeness (QED) is 0.643. The maximum atomic E-state index is 5.44. The number of likely N-dealkylation sites (N-methyl/N-ethyl adjacent to an activating group) is 1. The van der Waals surface area contributed by atoms with E-state index in [0.717, 1.165) is 32.5 Å². The van der Waals surface area contributed by atoms with Crippen LogP contribution in [0.2, 0.25) is 0 Å². The summed E-state index contributed by atoms with van der Waals surface area (Å²) in [6.07, 6.45) is 5.42. The number of hydrogen-bond acceptors (Lipinski definition) is 2. The fraction of sp³-hybridized carbons (Fsp3) is 0.636. The third kappa shape index (κ3) is 4.44. The lowest BCUT2D eigenvalue weighted by Crippen LogP contribution is -2.23. The first kappa shape index (κ1) is 11.3. The normalized spacial score (nSPS) is 11.1. The van der Waals surface area contributed by atoms with Gasteiger partial charge in [-0.3, -0.25) is 0 Å². The van der Waals surface area contributed by atoms with Crippen molar-refractivity contribution in [3.05, 3.63) is 24.0 Å². The topological polar surface area (TPSA) is 45.0 Å². The van der Waals surface area contributed by atoms with E-state index >= 15 is 0 Å². The van der Waals surface area contributed by atoms with E-state index in [-0.39, 0.29) is 0 Å². The second-order valence-corrected chi connectivity index (χ2v) is 3.74. The van der Waals surface area contributed by atoms with Crippen LogP contribution in [0.15, 0.2) is 18.3 Å². The molecule has 0 spiro atoms. The van der Waals surface area contributed by atoms with Gasteiger partial charge in [-0.2, -0.15) is 0 Å². The van der Waals surface area contributed by atoms with Crippen LogP contribution in [0.3, 0.4) is 0 Å². The molecule has 1 heterocycles. The Morgan fingerprint density at radius 3 is 2.86 bits per heavy atom. The Bertz CT molecular complexity index is 218. The van der Waals surface area contributed by atoms with Crippen LogP contribution in [0.5, 0.6) is 0 Å². The zero-order valence-electron chi connectivity index (χ0n) is 9.00. The number of H-pyrrole nitrogens is 1. The van der Waals surface area contributed by atoms with Gasteiger partial charge in [0.25, 0.3) is 0 Å². The highest BCUT2D eigenvalue weighted by molar-refractivity contribution is 5.03. The van der Waals surface area contributed by atoms with Crippen LogP contribution in [-0.4, -0.2) is 36.6 Å². The van der Waals surface area contributed by atoms with Crippen molar-refractivity contribution in [1.29, 1.82) is 0 Å². The van der Waals surface area contributed by atoms with Crippen molar-refractivity contribution in [3.63, 3.8) is 0 Å². The standard InChI is InChI=1S/C11H21N3/c1-14(9-3-2-7-12)10-6-11-5-4-8-13-11/h4-5,8,13H,2-3,6-7,9-10,12H2,1H3. The van der Waals surface area contributed by atoms with E-state index in [0.29, 0.717) is 0 Å². The van der Waals surface area contributed by atoms with Crippen molar-refractivity contribution >= 4 is 0 Å². The molecule has 0 unspecified atom stereocenters. The van der Waals surface area contributed by atoms with Gasteiger partial charge in [0.2, 0.25) is 0 Å². The molecule has 0 atom stereocenters. The van der Waals surface area contributed by atoms with Gasteiger partial charge in [-0.25, -0.2) is 0 Å². The Balaban J connectivity index is 2.06. The van der Waals surface area contributed by atoms with Crippen LogP contribution in [0.25, 0.3) is 0 Å². The molecule has 14 heavy (non-hydrogen) atoms. The van der Waals surface area contributed by atoms with Gasteiger partial charge in [0.05, 0.1) is 0 Å². The molecule has 0 amide bonds. The van der Waals surface area contributed by atoms with Crippen molar-refractivity contribution in [2.45, 2.75) is 19.3 Å². The van der Waals surface area contributed by atoms with E-state index in [1.54, 1.807) is 0 Å². The molecule has 3 N–H and O–H groups in total. The SMILES string of the molecule is CN(CCCCN)CCc1ccc[nH]1. The molecule has 0 aliphatic heterocycles. The van der Waals surface area contributed by atoms with Gasteiger partial charge < -0.3 is 15.6 Å². The van der Waals surface area contributed by atoms with Crippen molar-refractivity contribution < 1.29 is 0 Å². The number of nitrogens with one attached hydrogen (secondary N) is 1. The average molecular weight is 195 g/mol. The highest BCUT2D eigenvalue weighted by atomic mass is 15.1. The van der Waals surface area contributed by atoms with Gasteiger partial charge in [0.1, 0.15) is 0 Å². The number of rotatable bonds is 7. The summed E-state index contributed by atoms with van der Waals surface area (Å²) in [6, 6.07) is 4.18. The second-order valence-electron chi connectivity index (χ2n) is 3.74. The first-order chi connectivity index (χ1) is 6.83. The molecule has 80 valence electrons. The van der Waals surface area contributed by atoms with Crippen LogP contribution in [0.4, 0.5) is 0 Å². The van der Waals surface area contributed by atoms with Gasteiger partial charge >= 0.3 is 0 Å². The number of nitrogens with two attached hydrogens (primary N) is 1. The molecule has 3 nitrogen and oxygen atoms in total. The lowest BCUT2D eigenvalue weighted by Gasteiger charge is -2.15. The molecule has 0 bridgehead atoms. The van der Waals surface area contributed by atoms with E-state index in [2.05, 4.69) is 23.0 Å². The van der Waals surface area contributed by atoms with Crippen molar-refractivity contribution in [3.8, 4) is 0 Å². The second kappa shape index (κ2) is 6.62. The molecule has 0 fully saturated rings. The molecule has 0 aromatic carbocycles. The van der Waals surface area contributed by atoms with Gasteiger partial charge in [0, 0.05) is 24.9 Å². The lowest BCUT2D eigenvalue weighted by molar-refractivity contribution is 0.330. The predicted octanol–water partition coefficient (Wildman–Crippen LogP) is 1.23. The fourth-order valence-corrected chi connectivity index (χ4v) is 1.47. The van der Waals surface area contributed by atoms with Gasteiger partial charge in [-0.15, -0.1) is 0 Å². The van der Waals surface area contributed by atoms with Crippen LogP contribution in [0.1, 0.15) is 18.5 Å². The number of aromatic nitrogens is 1. The Kier molecular flexibility index (Phi) is 5.33. The molecule has 1 aromatic heterocycles. The molecule has 0 aliphatic carbocycles. The molecule has 0 saturated heterocycles. The predicted molar refractivity (Wildman–Crippen MR) is 60.3 cm³/mol. The lowest BCUT2D eigenvalue weighted by atomic mass is 10.2. The van der Waals surface area contributed by atoms with Crippen molar-refractivity contribution in [2.75, 3.05) is 26.7 Å². The van der Waals surface area contributed by atoms with Gasteiger partial charge in [0.15, 0.2) is 0 Å². The molecule has 0 radical (unpaired) electrons. The summed E-state index contributed by atoms with van der Waals surface area (Å²) in [5.74, 6) is 0. The summed E-state index contributed by atoms with van der Waals surface area (Å²) >= 11 is 0. The molecule has 3 heteroatoms. The summed E-state index contributed by atoms with van der Waals surface area (Å²) in [6.45, 7) is 3.08. The monoisotopic (exact) mass is 195 g/mol. The minimum absolute atomic E-state index is 0.810. The number of nitrogens with zero attached hydrogens (tertiary/aromatic N) is 1. The maximum Gasteiger partial charge on any atom is 0.0159 e. The van der Waals surface area contributed by atoms with Crippen LogP contribution < -0.4 is 5.73 Å². The zero-order valence-corrected chi connectivity index (χ0v) is 9.00. The third-order valence-corrected chi connectivity index (χ3v) is 2.42. The van der Waals surface area contributed by atoms with Crippen molar-refractivity contribution in [1.82, 2.24) is 9.88 Å². The molecule has 1 aromatic rings. The fourth-order valence-electron chi connectivity index (χ4n) is 1.47. The highest BCUT2D eigenvalue weighted by Crippen LogP contribution is 1.98. The smallest absolute Gasteiger partial charge is 0.0159 e. The Morgan fingerprint density at radius 2 is 2.21 bits per heavy atom. The Labute approximate surface area is 86.3 Å². The largest absolute Gasteiger partial charge is 0.365 e. The van der Waals surface area contributed by atoms with E-state index in [1.807, 2.05) is 12.3 Å². The van der Waals surface area contributed by atoms with E-state index < -0.39 is 0 Å². The minimum Gasteiger partial charge on any atom is -0.365 e. The van der Waals surface area contributed by atoms with Crippen LogP contribution in [0, 0.1) is 0 Å². The summed E-state index contributed by atoms with van der Waals surface area (Å²) in [5, 5.41) is 0. The Hall–Kier alpha value is -0.800. The number of aromatic amines is 1. The average Bonchev–Trinajstić information content (AvgIpc) is 2.68. The Morgan fingerprint density at radius 1 is 1.36 bits per heavy atom. The maximum absolute atomic E-state index is 5.44.